The van der Waals surface area contributed by atoms with Crippen molar-refractivity contribution in [2.45, 2.75) is 11.3 Å². The van der Waals surface area contributed by atoms with E-state index in [1.54, 1.807) is 23.9 Å². The molecule has 7 heteroatoms. The van der Waals surface area contributed by atoms with E-state index in [-0.39, 0.29) is 5.91 Å². The molecular formula is C17H17BrClNO3S. The third kappa shape index (κ3) is 5.06. The van der Waals surface area contributed by atoms with Crippen molar-refractivity contribution in [3.8, 4) is 11.5 Å². The SMILES string of the molecule is COc1cc(OC)c(NC(=O)CCSc2ccccc2Br)cc1Cl. The third-order valence-corrected chi connectivity index (χ3v) is 5.50. The van der Waals surface area contributed by atoms with E-state index < -0.39 is 0 Å². The molecule has 2 aromatic rings. The van der Waals surface area contributed by atoms with Crippen LogP contribution in [-0.2, 0) is 4.79 Å². The van der Waals surface area contributed by atoms with Crippen LogP contribution in [0.3, 0.4) is 0 Å². The number of methoxy groups -OCH3 is 2. The normalized spacial score (nSPS) is 10.3. The second-order valence-electron chi connectivity index (χ2n) is 4.76. The van der Waals surface area contributed by atoms with Crippen LogP contribution in [0.25, 0.3) is 0 Å². The predicted molar refractivity (Wildman–Crippen MR) is 103 cm³/mol. The summed E-state index contributed by atoms with van der Waals surface area (Å²) in [6.45, 7) is 0. The van der Waals surface area contributed by atoms with Gasteiger partial charge in [0.1, 0.15) is 11.5 Å². The molecule has 0 aromatic heterocycles. The van der Waals surface area contributed by atoms with E-state index in [1.807, 2.05) is 24.3 Å². The van der Waals surface area contributed by atoms with E-state index in [9.17, 15) is 4.79 Å². The van der Waals surface area contributed by atoms with E-state index in [2.05, 4.69) is 21.2 Å². The number of benzene rings is 2. The number of amides is 1. The van der Waals surface area contributed by atoms with Gasteiger partial charge in [0.25, 0.3) is 0 Å². The van der Waals surface area contributed by atoms with Gasteiger partial charge in [0.15, 0.2) is 0 Å². The molecule has 4 nitrogen and oxygen atoms in total. The van der Waals surface area contributed by atoms with E-state index in [4.69, 9.17) is 21.1 Å². The van der Waals surface area contributed by atoms with Gasteiger partial charge in [-0.25, -0.2) is 0 Å². The maximum Gasteiger partial charge on any atom is 0.225 e. The Morgan fingerprint density at radius 3 is 2.58 bits per heavy atom. The number of ether oxygens (including phenoxy) is 2. The minimum absolute atomic E-state index is 0.103. The van der Waals surface area contributed by atoms with Crippen LogP contribution in [-0.4, -0.2) is 25.9 Å². The van der Waals surface area contributed by atoms with Crippen LogP contribution in [0.4, 0.5) is 5.69 Å². The van der Waals surface area contributed by atoms with Gasteiger partial charge in [-0.3, -0.25) is 4.79 Å². The van der Waals surface area contributed by atoms with Crippen LogP contribution in [0, 0.1) is 0 Å². The Morgan fingerprint density at radius 2 is 1.92 bits per heavy atom. The minimum Gasteiger partial charge on any atom is -0.495 e. The zero-order valence-corrected chi connectivity index (χ0v) is 16.4. The number of anilines is 1. The van der Waals surface area contributed by atoms with Crippen LogP contribution in [0.5, 0.6) is 11.5 Å². The molecule has 1 amide bonds. The molecule has 2 aromatic carbocycles. The maximum atomic E-state index is 12.2. The molecule has 0 aliphatic carbocycles. The highest BCUT2D eigenvalue weighted by Gasteiger charge is 2.12. The first-order chi connectivity index (χ1) is 11.5. The van der Waals surface area contributed by atoms with Crippen molar-refractivity contribution in [2.75, 3.05) is 25.3 Å². The number of thioether (sulfide) groups is 1. The van der Waals surface area contributed by atoms with E-state index in [1.165, 1.54) is 14.2 Å². The zero-order chi connectivity index (χ0) is 17.5. The highest BCUT2D eigenvalue weighted by atomic mass is 79.9. The summed E-state index contributed by atoms with van der Waals surface area (Å²) in [6, 6.07) is 11.2. The average Bonchev–Trinajstić information content (AvgIpc) is 2.57. The van der Waals surface area contributed by atoms with E-state index in [0.717, 1.165) is 9.37 Å². The number of hydrogen-bond donors (Lipinski definition) is 1. The standard InChI is InChI=1S/C17H17BrClNO3S/c1-22-14-10-15(23-2)13(9-12(14)19)20-17(21)7-8-24-16-6-4-3-5-11(16)18/h3-6,9-10H,7-8H2,1-2H3,(H,20,21). The lowest BCUT2D eigenvalue weighted by Crippen LogP contribution is -2.13. The fourth-order valence-corrected chi connectivity index (χ4v) is 3.74. The smallest absolute Gasteiger partial charge is 0.225 e. The first-order valence-corrected chi connectivity index (χ1v) is 9.29. The molecule has 0 aliphatic rings. The summed E-state index contributed by atoms with van der Waals surface area (Å²) in [5, 5.41) is 3.24. The Kier molecular flexibility index (Phi) is 7.27. The first kappa shape index (κ1) is 19.0. The highest BCUT2D eigenvalue weighted by Crippen LogP contribution is 2.36. The molecule has 0 heterocycles. The molecule has 0 saturated carbocycles. The van der Waals surface area contributed by atoms with Gasteiger partial charge in [-0.1, -0.05) is 23.7 Å². The lowest BCUT2D eigenvalue weighted by Gasteiger charge is -2.13. The molecule has 1 N–H and O–H groups in total. The summed E-state index contributed by atoms with van der Waals surface area (Å²) < 4.78 is 11.4. The number of carbonyl (C=O) groups excluding carboxylic acids is 1. The first-order valence-electron chi connectivity index (χ1n) is 7.14. The minimum atomic E-state index is -0.103. The van der Waals surface area contributed by atoms with Crippen molar-refractivity contribution in [2.24, 2.45) is 0 Å². The molecule has 0 spiro atoms. The van der Waals surface area contributed by atoms with Crippen molar-refractivity contribution in [1.82, 2.24) is 0 Å². The van der Waals surface area contributed by atoms with Gasteiger partial charge in [-0.15, -0.1) is 11.8 Å². The lowest BCUT2D eigenvalue weighted by atomic mass is 10.2. The van der Waals surface area contributed by atoms with Gasteiger partial charge in [0, 0.05) is 27.6 Å². The molecule has 2 rings (SSSR count). The molecule has 0 aliphatic heterocycles. The number of nitrogens with one attached hydrogen (secondary N) is 1. The number of halogens is 2. The summed E-state index contributed by atoms with van der Waals surface area (Å²) in [4.78, 5) is 13.3. The number of rotatable bonds is 7. The molecule has 0 saturated heterocycles. The van der Waals surface area contributed by atoms with Crippen LogP contribution >= 0.6 is 39.3 Å². The van der Waals surface area contributed by atoms with Crippen LogP contribution in [0.1, 0.15) is 6.42 Å². The van der Waals surface area contributed by atoms with Crippen molar-refractivity contribution >= 4 is 50.9 Å². The third-order valence-electron chi connectivity index (χ3n) is 3.17. The highest BCUT2D eigenvalue weighted by molar-refractivity contribution is 9.10. The Bertz CT molecular complexity index is 727. The van der Waals surface area contributed by atoms with Gasteiger partial charge in [0.2, 0.25) is 5.91 Å². The van der Waals surface area contributed by atoms with Gasteiger partial charge in [-0.2, -0.15) is 0 Å². The second-order valence-corrected chi connectivity index (χ2v) is 7.16. The Balaban J connectivity index is 1.95. The number of hydrogen-bond acceptors (Lipinski definition) is 4. The summed E-state index contributed by atoms with van der Waals surface area (Å²) >= 11 is 11.2. The van der Waals surface area contributed by atoms with Crippen LogP contribution in [0.15, 0.2) is 45.8 Å². The second kappa shape index (κ2) is 9.20. The molecule has 128 valence electrons. The monoisotopic (exact) mass is 429 g/mol. The van der Waals surface area contributed by atoms with E-state index >= 15 is 0 Å². The summed E-state index contributed by atoms with van der Waals surface area (Å²) in [7, 11) is 3.05. The van der Waals surface area contributed by atoms with Crippen molar-refractivity contribution in [3.05, 3.63) is 45.9 Å². The molecule has 0 bridgehead atoms. The molecule has 24 heavy (non-hydrogen) atoms. The average molecular weight is 431 g/mol. The van der Waals surface area contributed by atoms with Gasteiger partial charge in [-0.05, 0) is 34.1 Å². The fourth-order valence-electron chi connectivity index (χ4n) is 1.99. The van der Waals surface area contributed by atoms with Crippen molar-refractivity contribution in [1.29, 1.82) is 0 Å². The summed E-state index contributed by atoms with van der Waals surface area (Å²) in [5.74, 6) is 1.56. The topological polar surface area (TPSA) is 47.6 Å². The maximum absolute atomic E-state index is 12.2. The summed E-state index contributed by atoms with van der Waals surface area (Å²) in [5.41, 5.74) is 0.527. The van der Waals surface area contributed by atoms with Gasteiger partial charge >= 0.3 is 0 Å². The molecule has 0 atom stereocenters. The quantitative estimate of drug-likeness (QED) is 0.610. The zero-order valence-electron chi connectivity index (χ0n) is 13.3. The van der Waals surface area contributed by atoms with Crippen molar-refractivity contribution < 1.29 is 14.3 Å². The van der Waals surface area contributed by atoms with Crippen LogP contribution < -0.4 is 14.8 Å². The Hall–Kier alpha value is -1.37. The summed E-state index contributed by atoms with van der Waals surface area (Å²) in [6.07, 6.45) is 0.374. The molecule has 0 fully saturated rings. The van der Waals surface area contributed by atoms with Gasteiger partial charge in [0.05, 0.1) is 24.9 Å². The predicted octanol–water partition coefficient (Wildman–Crippen LogP) is 5.24. The van der Waals surface area contributed by atoms with Crippen molar-refractivity contribution in [3.63, 3.8) is 0 Å². The Labute approximate surface area is 159 Å². The largest absolute Gasteiger partial charge is 0.495 e. The molecule has 0 radical (unpaired) electrons. The number of carbonyl (C=O) groups is 1. The van der Waals surface area contributed by atoms with Gasteiger partial charge < -0.3 is 14.8 Å². The molecular weight excluding hydrogens is 414 g/mol. The van der Waals surface area contributed by atoms with E-state index in [0.29, 0.717) is 34.4 Å². The lowest BCUT2D eigenvalue weighted by molar-refractivity contribution is -0.115. The van der Waals surface area contributed by atoms with Crippen LogP contribution in [0.2, 0.25) is 5.02 Å². The Morgan fingerprint density at radius 1 is 1.21 bits per heavy atom. The molecule has 0 unspecified atom stereocenters. The fraction of sp³-hybridized carbons (Fsp3) is 0.235.